The Labute approximate surface area is 130 Å². The number of hydrogen-bond donors (Lipinski definition) is 4. The van der Waals surface area contributed by atoms with Gasteiger partial charge in [0, 0.05) is 25.0 Å². The number of H-pyrrole nitrogens is 1. The Morgan fingerprint density at radius 1 is 1.32 bits per heavy atom. The van der Waals surface area contributed by atoms with Crippen molar-refractivity contribution in [2.24, 2.45) is 5.73 Å². The number of nitrogens with two attached hydrogens (primary N) is 1. The van der Waals surface area contributed by atoms with Gasteiger partial charge in [-0.15, -0.1) is 0 Å². The van der Waals surface area contributed by atoms with Crippen LogP contribution in [0, 0.1) is 6.92 Å². The summed E-state index contributed by atoms with van der Waals surface area (Å²) < 4.78 is 0. The van der Waals surface area contributed by atoms with Gasteiger partial charge < -0.3 is 21.4 Å². The van der Waals surface area contributed by atoms with Crippen LogP contribution in [0.15, 0.2) is 30.5 Å². The van der Waals surface area contributed by atoms with Gasteiger partial charge in [0.25, 0.3) is 0 Å². The maximum atomic E-state index is 12.0. The minimum atomic E-state index is -0.205. The van der Waals surface area contributed by atoms with Gasteiger partial charge in [0.1, 0.15) is 5.82 Å². The van der Waals surface area contributed by atoms with Gasteiger partial charge in [-0.1, -0.05) is 31.2 Å². The topological polar surface area (TPSA) is 95.8 Å². The van der Waals surface area contributed by atoms with E-state index in [9.17, 15) is 4.79 Å². The molecule has 0 bridgehead atoms. The number of aryl methyl sites for hydroxylation is 1. The van der Waals surface area contributed by atoms with Crippen LogP contribution >= 0.6 is 0 Å². The third kappa shape index (κ3) is 4.33. The first-order valence-electron chi connectivity index (χ1n) is 7.46. The molecule has 2 aromatic rings. The summed E-state index contributed by atoms with van der Waals surface area (Å²) in [5.74, 6) is 0.780. The van der Waals surface area contributed by atoms with Crippen molar-refractivity contribution in [3.63, 3.8) is 0 Å². The van der Waals surface area contributed by atoms with Crippen molar-refractivity contribution in [3.05, 3.63) is 53.1 Å². The lowest BCUT2D eigenvalue weighted by Crippen LogP contribution is -2.37. The fourth-order valence-corrected chi connectivity index (χ4v) is 2.16. The highest BCUT2D eigenvalue weighted by atomic mass is 16.2. The number of imidazole rings is 1. The van der Waals surface area contributed by atoms with Crippen LogP contribution in [-0.4, -0.2) is 16.0 Å². The average Bonchev–Trinajstić information content (AvgIpc) is 2.97. The van der Waals surface area contributed by atoms with E-state index in [0.29, 0.717) is 13.1 Å². The Morgan fingerprint density at radius 3 is 2.55 bits per heavy atom. The number of nitrogens with one attached hydrogen (secondary N) is 3. The number of amides is 2. The zero-order valence-corrected chi connectivity index (χ0v) is 13.0. The molecular formula is C16H23N5O. The van der Waals surface area contributed by atoms with Gasteiger partial charge in [-0.05, 0) is 24.5 Å². The predicted octanol–water partition coefficient (Wildman–Crippen LogP) is 2.13. The molecule has 1 aromatic heterocycles. The van der Waals surface area contributed by atoms with Gasteiger partial charge in [-0.3, -0.25) is 0 Å². The molecule has 0 saturated carbocycles. The lowest BCUT2D eigenvalue weighted by atomic mass is 10.1. The Hall–Kier alpha value is -2.34. The van der Waals surface area contributed by atoms with Gasteiger partial charge in [-0.25, -0.2) is 9.78 Å². The highest BCUT2D eigenvalue weighted by molar-refractivity contribution is 5.74. The van der Waals surface area contributed by atoms with Crippen molar-refractivity contribution in [3.8, 4) is 0 Å². The summed E-state index contributed by atoms with van der Waals surface area (Å²) in [5.41, 5.74) is 8.66. The van der Waals surface area contributed by atoms with Crippen LogP contribution in [0.1, 0.15) is 42.0 Å². The van der Waals surface area contributed by atoms with Crippen LogP contribution < -0.4 is 16.4 Å². The van der Waals surface area contributed by atoms with Crippen LogP contribution in [0.5, 0.6) is 0 Å². The van der Waals surface area contributed by atoms with Gasteiger partial charge >= 0.3 is 6.03 Å². The molecule has 1 heterocycles. The van der Waals surface area contributed by atoms with Crippen LogP contribution in [0.2, 0.25) is 0 Å². The molecule has 0 radical (unpaired) electrons. The number of rotatable bonds is 6. The molecule has 2 rings (SSSR count). The van der Waals surface area contributed by atoms with Crippen molar-refractivity contribution in [1.29, 1.82) is 0 Å². The summed E-state index contributed by atoms with van der Waals surface area (Å²) in [6, 6.07) is 7.55. The number of urea groups is 1. The number of benzene rings is 1. The maximum absolute atomic E-state index is 12.0. The molecule has 0 aliphatic rings. The molecule has 2 amide bonds. The highest BCUT2D eigenvalue weighted by Gasteiger charge is 2.15. The van der Waals surface area contributed by atoms with E-state index in [1.165, 1.54) is 0 Å². The van der Waals surface area contributed by atoms with Crippen molar-refractivity contribution < 1.29 is 4.79 Å². The molecule has 118 valence electrons. The predicted molar refractivity (Wildman–Crippen MR) is 86.1 cm³/mol. The zero-order valence-electron chi connectivity index (χ0n) is 13.0. The quantitative estimate of drug-likeness (QED) is 0.658. The average molecular weight is 301 g/mol. The van der Waals surface area contributed by atoms with Gasteiger partial charge in [0.05, 0.1) is 6.04 Å². The smallest absolute Gasteiger partial charge is 0.315 e. The van der Waals surface area contributed by atoms with Gasteiger partial charge in [-0.2, -0.15) is 0 Å². The first-order chi connectivity index (χ1) is 10.6. The Bertz CT molecular complexity index is 605. The highest BCUT2D eigenvalue weighted by Crippen LogP contribution is 2.12. The first-order valence-corrected chi connectivity index (χ1v) is 7.46. The molecule has 6 heteroatoms. The van der Waals surface area contributed by atoms with E-state index in [-0.39, 0.29) is 12.1 Å². The summed E-state index contributed by atoms with van der Waals surface area (Å²) >= 11 is 0. The lowest BCUT2D eigenvalue weighted by Gasteiger charge is -2.15. The molecule has 0 fully saturated rings. The molecule has 1 unspecified atom stereocenters. The lowest BCUT2D eigenvalue weighted by molar-refractivity contribution is 0.235. The van der Waals surface area contributed by atoms with E-state index in [4.69, 9.17) is 5.73 Å². The normalized spacial score (nSPS) is 12.0. The van der Waals surface area contributed by atoms with Crippen LogP contribution in [-0.2, 0) is 13.1 Å². The summed E-state index contributed by atoms with van der Waals surface area (Å²) in [5, 5.41) is 5.78. The molecule has 0 aliphatic heterocycles. The monoisotopic (exact) mass is 301 g/mol. The molecule has 0 aliphatic carbocycles. The minimum Gasteiger partial charge on any atom is -0.344 e. The fraction of sp³-hybridized carbons (Fsp3) is 0.375. The largest absolute Gasteiger partial charge is 0.344 e. The summed E-state index contributed by atoms with van der Waals surface area (Å²) in [6.07, 6.45) is 2.53. The van der Waals surface area contributed by atoms with Gasteiger partial charge in [0.2, 0.25) is 0 Å². The van der Waals surface area contributed by atoms with Crippen molar-refractivity contribution in [2.75, 3.05) is 0 Å². The second-order valence-corrected chi connectivity index (χ2v) is 5.26. The number of carbonyl (C=O) groups excluding carboxylic acids is 1. The number of hydrogen-bond acceptors (Lipinski definition) is 3. The molecular weight excluding hydrogens is 278 g/mol. The third-order valence-electron chi connectivity index (χ3n) is 3.48. The van der Waals surface area contributed by atoms with E-state index in [1.807, 2.05) is 38.1 Å². The van der Waals surface area contributed by atoms with E-state index >= 15 is 0 Å². The molecule has 22 heavy (non-hydrogen) atoms. The summed E-state index contributed by atoms with van der Waals surface area (Å²) in [6.45, 7) is 4.95. The zero-order chi connectivity index (χ0) is 15.9. The van der Waals surface area contributed by atoms with E-state index in [0.717, 1.165) is 29.1 Å². The molecule has 0 spiro atoms. The molecule has 5 N–H and O–H groups in total. The molecule has 1 aromatic carbocycles. The van der Waals surface area contributed by atoms with Crippen LogP contribution in [0.4, 0.5) is 4.79 Å². The SMILES string of the molecule is CCC(NC(=O)NCc1ccc(CN)cc1)c1ncc(C)[nH]1. The number of nitrogens with zero attached hydrogens (tertiary/aromatic N) is 1. The van der Waals surface area contributed by atoms with E-state index in [2.05, 4.69) is 20.6 Å². The van der Waals surface area contributed by atoms with Crippen LogP contribution in [0.25, 0.3) is 0 Å². The van der Waals surface area contributed by atoms with Crippen molar-refractivity contribution >= 4 is 6.03 Å². The van der Waals surface area contributed by atoms with Crippen molar-refractivity contribution in [1.82, 2.24) is 20.6 Å². The second-order valence-electron chi connectivity index (χ2n) is 5.26. The van der Waals surface area contributed by atoms with Crippen LogP contribution in [0.3, 0.4) is 0 Å². The molecule has 0 saturated heterocycles. The number of aromatic amines is 1. The Morgan fingerprint density at radius 2 is 2.00 bits per heavy atom. The van der Waals surface area contributed by atoms with E-state index < -0.39 is 0 Å². The first kappa shape index (κ1) is 16.0. The standard InChI is InChI=1S/C16H23N5O/c1-3-14(15-18-9-11(2)20-15)21-16(22)19-10-13-6-4-12(8-17)5-7-13/h4-7,9,14H,3,8,10,17H2,1-2H3,(H,18,20)(H2,19,21,22). The van der Waals surface area contributed by atoms with E-state index in [1.54, 1.807) is 6.20 Å². The van der Waals surface area contributed by atoms with Gasteiger partial charge in [0.15, 0.2) is 0 Å². The fourth-order valence-electron chi connectivity index (χ4n) is 2.16. The number of carbonyl (C=O) groups is 1. The van der Waals surface area contributed by atoms with Crippen molar-refractivity contribution in [2.45, 2.75) is 39.4 Å². The Balaban J connectivity index is 1.86. The maximum Gasteiger partial charge on any atom is 0.315 e. The second kappa shape index (κ2) is 7.61. The minimum absolute atomic E-state index is 0.117. The summed E-state index contributed by atoms with van der Waals surface area (Å²) in [4.78, 5) is 19.4. The Kier molecular flexibility index (Phi) is 5.55. The summed E-state index contributed by atoms with van der Waals surface area (Å²) in [7, 11) is 0. The molecule has 6 nitrogen and oxygen atoms in total. The molecule has 1 atom stereocenters. The number of aromatic nitrogens is 2. The third-order valence-corrected chi connectivity index (χ3v) is 3.48.